The van der Waals surface area contributed by atoms with Crippen LogP contribution in [-0.4, -0.2) is 37.6 Å². The predicted octanol–water partition coefficient (Wildman–Crippen LogP) is 3.95. The quantitative estimate of drug-likeness (QED) is 0.731. The Labute approximate surface area is 161 Å². The van der Waals surface area contributed by atoms with Gasteiger partial charge < -0.3 is 4.90 Å². The van der Waals surface area contributed by atoms with Crippen LogP contribution in [0.5, 0.6) is 0 Å². The molecule has 1 aliphatic heterocycles. The van der Waals surface area contributed by atoms with E-state index in [4.69, 9.17) is 0 Å². The van der Waals surface area contributed by atoms with E-state index in [1.165, 1.54) is 56.4 Å². The number of carbonyl (C=O) groups is 1. The highest BCUT2D eigenvalue weighted by molar-refractivity contribution is 7.92. The molecule has 1 aromatic carbocycles. The summed E-state index contributed by atoms with van der Waals surface area (Å²) in [6, 6.07) is 5.04. The summed E-state index contributed by atoms with van der Waals surface area (Å²) in [6.45, 7) is 1.01. The summed E-state index contributed by atoms with van der Waals surface area (Å²) in [5, 5.41) is -0.489. The van der Waals surface area contributed by atoms with Crippen molar-refractivity contribution in [3.63, 3.8) is 0 Å². The van der Waals surface area contributed by atoms with Crippen molar-refractivity contribution in [1.82, 2.24) is 4.90 Å². The van der Waals surface area contributed by atoms with Gasteiger partial charge in [0, 0.05) is 19.0 Å². The van der Waals surface area contributed by atoms with E-state index in [1.807, 2.05) is 4.90 Å². The molecule has 0 aromatic heterocycles. The average Bonchev–Trinajstić information content (AvgIpc) is 2.67. The van der Waals surface area contributed by atoms with Gasteiger partial charge in [-0.05, 0) is 81.0 Å². The molecule has 27 heavy (non-hydrogen) atoms. The highest BCUT2D eigenvalue weighted by atomic mass is 32.2. The Balaban J connectivity index is 1.33. The molecule has 0 radical (unpaired) electrons. The molecule has 2 aliphatic carbocycles. The molecule has 4 rings (SSSR count). The molecular formula is C21H28FNO3S. The average molecular weight is 394 g/mol. The third-order valence-corrected chi connectivity index (χ3v) is 9.42. The number of piperidine rings is 1. The predicted molar refractivity (Wildman–Crippen MR) is 101 cm³/mol. The van der Waals surface area contributed by atoms with Crippen molar-refractivity contribution in [3.8, 4) is 0 Å². The lowest BCUT2D eigenvalue weighted by Crippen LogP contribution is -2.46. The van der Waals surface area contributed by atoms with Gasteiger partial charge in [-0.2, -0.15) is 0 Å². The van der Waals surface area contributed by atoms with E-state index in [0.717, 1.165) is 12.8 Å². The summed E-state index contributed by atoms with van der Waals surface area (Å²) >= 11 is 0. The zero-order valence-corrected chi connectivity index (χ0v) is 16.5. The Morgan fingerprint density at radius 3 is 2.07 bits per heavy atom. The Morgan fingerprint density at radius 1 is 0.963 bits per heavy atom. The largest absolute Gasteiger partial charge is 0.342 e. The van der Waals surface area contributed by atoms with Crippen LogP contribution in [0.4, 0.5) is 4.39 Å². The molecule has 1 aromatic rings. The van der Waals surface area contributed by atoms with Crippen LogP contribution in [0.1, 0.15) is 57.8 Å². The molecule has 1 spiro atoms. The van der Waals surface area contributed by atoms with E-state index in [2.05, 4.69) is 0 Å². The summed E-state index contributed by atoms with van der Waals surface area (Å²) in [6.07, 6.45) is 9.27. The SMILES string of the molecule is O=C(C1CCC2(CCC2)CC1)N1CCC(S(=O)(=O)c2ccc(F)cc2)CC1. The molecule has 1 heterocycles. The fourth-order valence-corrected chi connectivity index (χ4v) is 6.85. The Hall–Kier alpha value is -1.43. The maximum Gasteiger partial charge on any atom is 0.225 e. The van der Waals surface area contributed by atoms with Crippen molar-refractivity contribution < 1.29 is 17.6 Å². The first-order valence-electron chi connectivity index (χ1n) is 10.2. The smallest absolute Gasteiger partial charge is 0.225 e. The van der Waals surface area contributed by atoms with E-state index in [0.29, 0.717) is 31.3 Å². The second-order valence-corrected chi connectivity index (χ2v) is 10.9. The van der Waals surface area contributed by atoms with Crippen LogP contribution < -0.4 is 0 Å². The van der Waals surface area contributed by atoms with Gasteiger partial charge in [0.15, 0.2) is 9.84 Å². The second-order valence-electron chi connectivity index (χ2n) is 8.65. The van der Waals surface area contributed by atoms with Gasteiger partial charge in [0.1, 0.15) is 5.82 Å². The fraction of sp³-hybridized carbons (Fsp3) is 0.667. The molecule has 0 bridgehead atoms. The second kappa shape index (κ2) is 7.19. The van der Waals surface area contributed by atoms with E-state index >= 15 is 0 Å². The molecular weight excluding hydrogens is 365 g/mol. The first-order valence-corrected chi connectivity index (χ1v) is 11.7. The minimum atomic E-state index is -3.47. The van der Waals surface area contributed by atoms with Gasteiger partial charge >= 0.3 is 0 Å². The summed E-state index contributed by atoms with van der Waals surface area (Å²) in [5.41, 5.74) is 0.549. The number of nitrogens with zero attached hydrogens (tertiary/aromatic N) is 1. The third kappa shape index (κ3) is 3.65. The first kappa shape index (κ1) is 18.9. The lowest BCUT2D eigenvalue weighted by atomic mass is 9.59. The van der Waals surface area contributed by atoms with Crippen LogP contribution >= 0.6 is 0 Å². The van der Waals surface area contributed by atoms with Crippen LogP contribution in [0.25, 0.3) is 0 Å². The van der Waals surface area contributed by atoms with Crippen LogP contribution in [0, 0.1) is 17.2 Å². The van der Waals surface area contributed by atoms with Gasteiger partial charge in [-0.1, -0.05) is 6.42 Å². The van der Waals surface area contributed by atoms with E-state index < -0.39 is 20.9 Å². The first-order chi connectivity index (χ1) is 12.9. The molecule has 0 N–H and O–H groups in total. The maximum absolute atomic E-state index is 13.1. The van der Waals surface area contributed by atoms with Crippen LogP contribution in [0.15, 0.2) is 29.2 Å². The number of amides is 1. The summed E-state index contributed by atoms with van der Waals surface area (Å²) < 4.78 is 38.6. The summed E-state index contributed by atoms with van der Waals surface area (Å²) in [4.78, 5) is 14.9. The molecule has 148 valence electrons. The molecule has 4 nitrogen and oxygen atoms in total. The van der Waals surface area contributed by atoms with Crippen molar-refractivity contribution in [2.24, 2.45) is 11.3 Å². The standard InChI is InChI=1S/C21H28FNO3S/c22-17-2-4-18(5-3-17)27(25,26)19-8-14-23(15-9-19)20(24)16-6-12-21(13-7-16)10-1-11-21/h2-5,16,19H,1,6-15H2. The lowest BCUT2D eigenvalue weighted by Gasteiger charge is -2.47. The molecule has 0 atom stereocenters. The molecule has 1 amide bonds. The van der Waals surface area contributed by atoms with E-state index in [-0.39, 0.29) is 16.7 Å². The Morgan fingerprint density at radius 2 is 1.56 bits per heavy atom. The Kier molecular flexibility index (Phi) is 5.04. The zero-order valence-electron chi connectivity index (χ0n) is 15.7. The number of hydrogen-bond acceptors (Lipinski definition) is 3. The highest BCUT2D eigenvalue weighted by Crippen LogP contribution is 2.52. The van der Waals surface area contributed by atoms with Crippen LogP contribution in [0.2, 0.25) is 0 Å². The van der Waals surface area contributed by atoms with Gasteiger partial charge in [-0.15, -0.1) is 0 Å². The van der Waals surface area contributed by atoms with Gasteiger partial charge in [0.2, 0.25) is 5.91 Å². The van der Waals surface area contributed by atoms with Gasteiger partial charge in [0.25, 0.3) is 0 Å². The fourth-order valence-electron chi connectivity index (χ4n) is 5.12. The summed E-state index contributed by atoms with van der Waals surface area (Å²) in [5.74, 6) is -0.0891. The monoisotopic (exact) mass is 393 g/mol. The van der Waals surface area contributed by atoms with Gasteiger partial charge in [-0.3, -0.25) is 4.79 Å². The zero-order chi connectivity index (χ0) is 19.1. The van der Waals surface area contributed by atoms with Crippen molar-refractivity contribution in [3.05, 3.63) is 30.1 Å². The molecule has 1 saturated heterocycles. The minimum Gasteiger partial charge on any atom is -0.342 e. The van der Waals surface area contributed by atoms with Crippen molar-refractivity contribution >= 4 is 15.7 Å². The number of carbonyl (C=O) groups excluding carboxylic acids is 1. The Bertz CT molecular complexity index is 783. The van der Waals surface area contributed by atoms with Crippen molar-refractivity contribution in [2.45, 2.75) is 67.9 Å². The summed E-state index contributed by atoms with van der Waals surface area (Å²) in [7, 11) is -3.47. The van der Waals surface area contributed by atoms with Crippen molar-refractivity contribution in [1.29, 1.82) is 0 Å². The third-order valence-electron chi connectivity index (χ3n) is 7.14. The number of likely N-dealkylation sites (tertiary alicyclic amines) is 1. The van der Waals surface area contributed by atoms with E-state index in [9.17, 15) is 17.6 Å². The highest BCUT2D eigenvalue weighted by Gasteiger charge is 2.42. The number of benzene rings is 1. The number of rotatable bonds is 3. The molecule has 0 unspecified atom stereocenters. The lowest BCUT2D eigenvalue weighted by molar-refractivity contribution is -0.138. The number of halogens is 1. The molecule has 6 heteroatoms. The number of sulfone groups is 1. The number of hydrogen-bond donors (Lipinski definition) is 0. The normalized spacial score (nSPS) is 24.0. The van der Waals surface area contributed by atoms with Crippen LogP contribution in [-0.2, 0) is 14.6 Å². The van der Waals surface area contributed by atoms with Crippen LogP contribution in [0.3, 0.4) is 0 Å². The van der Waals surface area contributed by atoms with Crippen molar-refractivity contribution in [2.75, 3.05) is 13.1 Å². The van der Waals surface area contributed by atoms with Gasteiger partial charge in [0.05, 0.1) is 10.1 Å². The molecule has 2 saturated carbocycles. The van der Waals surface area contributed by atoms with Gasteiger partial charge in [-0.25, -0.2) is 12.8 Å². The topological polar surface area (TPSA) is 54.5 Å². The van der Waals surface area contributed by atoms with E-state index in [1.54, 1.807) is 0 Å². The molecule has 3 aliphatic rings. The maximum atomic E-state index is 13.1. The minimum absolute atomic E-state index is 0.126. The molecule has 3 fully saturated rings.